The molecule has 1 aliphatic heterocycles. The van der Waals surface area contributed by atoms with Crippen molar-refractivity contribution in [1.29, 1.82) is 0 Å². The second-order valence-corrected chi connectivity index (χ2v) is 10.6. The summed E-state index contributed by atoms with van der Waals surface area (Å²) in [5.74, 6) is -0.124. The lowest BCUT2D eigenvalue weighted by Crippen LogP contribution is -2.33. The van der Waals surface area contributed by atoms with Crippen molar-refractivity contribution >= 4 is 27.3 Å². The Kier molecular flexibility index (Phi) is 7.03. The zero-order valence-electron chi connectivity index (χ0n) is 20.3. The Morgan fingerprint density at radius 1 is 1.14 bits per heavy atom. The first-order chi connectivity index (χ1) is 17.5. The van der Waals surface area contributed by atoms with Crippen LogP contribution in [0.3, 0.4) is 0 Å². The van der Waals surface area contributed by atoms with Gasteiger partial charge in [0, 0.05) is 29.3 Å². The van der Waals surface area contributed by atoms with E-state index in [0.29, 0.717) is 35.9 Å². The first-order valence-electron chi connectivity index (χ1n) is 11.2. The Morgan fingerprint density at radius 2 is 1.84 bits per heavy atom. The van der Waals surface area contributed by atoms with Crippen molar-refractivity contribution in [2.45, 2.75) is 31.4 Å². The lowest BCUT2D eigenvalue weighted by molar-refractivity contribution is -0.387. The summed E-state index contributed by atoms with van der Waals surface area (Å²) in [4.78, 5) is 35.2. The van der Waals surface area contributed by atoms with Crippen LogP contribution in [-0.4, -0.2) is 55.2 Å². The standard InChI is InChI=1S/C25H24N2O9S/c1-15-10-19(16(2)26(15)12-18-13-34-22-6-4-5-7-23(22)36-18)21(28)14-35-25(29)17-8-9-24(37(3,32)33)20(11-17)27(30)31/h4-11,18H,12-14H2,1-3H3/t18-/m0/s1. The number of benzene rings is 2. The largest absolute Gasteiger partial charge is 0.486 e. The van der Waals surface area contributed by atoms with Gasteiger partial charge in [0.25, 0.3) is 5.69 Å². The molecule has 0 unspecified atom stereocenters. The molecule has 2 heterocycles. The van der Waals surface area contributed by atoms with E-state index in [-0.39, 0.29) is 11.7 Å². The van der Waals surface area contributed by atoms with Crippen LogP contribution in [0.4, 0.5) is 5.69 Å². The number of nitro benzene ring substituents is 1. The number of fused-ring (bicyclic) bond motifs is 1. The maximum absolute atomic E-state index is 12.8. The molecule has 3 aromatic rings. The van der Waals surface area contributed by atoms with E-state index in [2.05, 4.69) is 0 Å². The summed E-state index contributed by atoms with van der Waals surface area (Å²) in [6.45, 7) is 3.80. The van der Waals surface area contributed by atoms with E-state index in [4.69, 9.17) is 14.2 Å². The fourth-order valence-corrected chi connectivity index (χ4v) is 4.94. The third-order valence-corrected chi connectivity index (χ3v) is 7.10. The van der Waals surface area contributed by atoms with Crippen LogP contribution in [0, 0.1) is 24.0 Å². The highest BCUT2D eigenvalue weighted by Crippen LogP contribution is 2.32. The van der Waals surface area contributed by atoms with Gasteiger partial charge in [0.15, 0.2) is 34.0 Å². The summed E-state index contributed by atoms with van der Waals surface area (Å²) in [6, 6.07) is 11.9. The maximum atomic E-state index is 12.8. The van der Waals surface area contributed by atoms with Crippen molar-refractivity contribution in [2.75, 3.05) is 19.5 Å². The zero-order valence-corrected chi connectivity index (χ0v) is 21.1. The second kappa shape index (κ2) is 10.1. The van der Waals surface area contributed by atoms with Crippen molar-refractivity contribution in [2.24, 2.45) is 0 Å². The van der Waals surface area contributed by atoms with Gasteiger partial charge >= 0.3 is 5.97 Å². The zero-order chi connectivity index (χ0) is 26.9. The number of nitro groups is 1. The number of Topliss-reactive ketones (excluding diaryl/α,β-unsaturated/α-hetero) is 1. The molecule has 194 valence electrons. The molecule has 0 radical (unpaired) electrons. The van der Waals surface area contributed by atoms with E-state index in [1.807, 2.05) is 35.8 Å². The van der Waals surface area contributed by atoms with E-state index in [9.17, 15) is 28.1 Å². The molecule has 0 spiro atoms. The van der Waals surface area contributed by atoms with Gasteiger partial charge in [-0.1, -0.05) is 12.1 Å². The SMILES string of the molecule is Cc1cc(C(=O)COC(=O)c2ccc(S(C)(=O)=O)c([N+](=O)[O-])c2)c(C)n1C[C@H]1COc2ccccc2O1. The number of ether oxygens (including phenoxy) is 3. The van der Waals surface area contributed by atoms with Gasteiger partial charge in [-0.3, -0.25) is 14.9 Å². The van der Waals surface area contributed by atoms with Crippen molar-refractivity contribution in [1.82, 2.24) is 4.57 Å². The Morgan fingerprint density at radius 3 is 2.51 bits per heavy atom. The summed E-state index contributed by atoms with van der Waals surface area (Å²) in [5, 5.41) is 11.3. The predicted molar refractivity (Wildman–Crippen MR) is 131 cm³/mol. The number of hydrogen-bond donors (Lipinski definition) is 0. The van der Waals surface area contributed by atoms with Gasteiger partial charge < -0.3 is 18.8 Å². The van der Waals surface area contributed by atoms with Crippen LogP contribution >= 0.6 is 0 Å². The Bertz CT molecular complexity index is 1510. The van der Waals surface area contributed by atoms with Gasteiger partial charge in [-0.15, -0.1) is 0 Å². The van der Waals surface area contributed by atoms with Gasteiger partial charge in [0.1, 0.15) is 11.5 Å². The molecule has 0 saturated carbocycles. The van der Waals surface area contributed by atoms with Crippen molar-refractivity contribution in [3.63, 3.8) is 0 Å². The van der Waals surface area contributed by atoms with Crippen LogP contribution < -0.4 is 9.47 Å². The molecule has 0 amide bonds. The number of para-hydroxylation sites is 2. The molecule has 4 rings (SSSR count). The monoisotopic (exact) mass is 528 g/mol. The van der Waals surface area contributed by atoms with Crippen LogP contribution in [-0.2, 0) is 21.1 Å². The van der Waals surface area contributed by atoms with E-state index in [0.717, 1.165) is 30.1 Å². The first-order valence-corrected chi connectivity index (χ1v) is 13.1. The average Bonchev–Trinajstić information content (AvgIpc) is 3.14. The van der Waals surface area contributed by atoms with Crippen LogP contribution in [0.1, 0.15) is 32.1 Å². The Balaban J connectivity index is 1.44. The molecule has 0 saturated heterocycles. The molecule has 1 aromatic heterocycles. The van der Waals surface area contributed by atoms with E-state index < -0.39 is 43.7 Å². The third-order valence-electron chi connectivity index (χ3n) is 5.95. The summed E-state index contributed by atoms with van der Waals surface area (Å²) in [7, 11) is -3.88. The molecular formula is C25H24N2O9S. The van der Waals surface area contributed by atoms with E-state index in [1.54, 1.807) is 13.0 Å². The number of aryl methyl sites for hydroxylation is 1. The maximum Gasteiger partial charge on any atom is 0.338 e. The minimum absolute atomic E-state index is 0.243. The fraction of sp³-hybridized carbons (Fsp3) is 0.280. The molecule has 0 bridgehead atoms. The van der Waals surface area contributed by atoms with E-state index in [1.165, 1.54) is 0 Å². The Hall–Kier alpha value is -4.19. The van der Waals surface area contributed by atoms with Crippen LogP contribution in [0.5, 0.6) is 11.5 Å². The predicted octanol–water partition coefficient (Wildman–Crippen LogP) is 3.30. The summed E-state index contributed by atoms with van der Waals surface area (Å²) in [5.41, 5.74) is 0.840. The Labute approximate surface area is 212 Å². The average molecular weight is 529 g/mol. The molecule has 0 fully saturated rings. The first kappa shape index (κ1) is 25.9. The minimum atomic E-state index is -3.88. The second-order valence-electron chi connectivity index (χ2n) is 8.60. The van der Waals surface area contributed by atoms with Gasteiger partial charge in [0.2, 0.25) is 5.78 Å². The van der Waals surface area contributed by atoms with Gasteiger partial charge in [-0.25, -0.2) is 13.2 Å². The molecule has 37 heavy (non-hydrogen) atoms. The van der Waals surface area contributed by atoms with Crippen LogP contribution in [0.2, 0.25) is 0 Å². The van der Waals surface area contributed by atoms with Crippen LogP contribution in [0.15, 0.2) is 53.4 Å². The lowest BCUT2D eigenvalue weighted by atomic mass is 10.1. The minimum Gasteiger partial charge on any atom is -0.486 e. The number of carbonyl (C=O) groups is 2. The highest BCUT2D eigenvalue weighted by molar-refractivity contribution is 7.90. The normalized spacial score (nSPS) is 14.7. The highest BCUT2D eigenvalue weighted by atomic mass is 32.2. The third kappa shape index (κ3) is 5.48. The molecule has 0 aliphatic carbocycles. The number of sulfone groups is 1. The summed E-state index contributed by atoms with van der Waals surface area (Å²) >= 11 is 0. The van der Waals surface area contributed by atoms with Crippen molar-refractivity contribution < 1.29 is 37.1 Å². The number of aromatic nitrogens is 1. The molecule has 1 aliphatic rings. The molecule has 11 nitrogen and oxygen atoms in total. The molecule has 2 aromatic carbocycles. The fourth-order valence-electron chi connectivity index (χ4n) is 4.11. The summed E-state index contributed by atoms with van der Waals surface area (Å²) < 4.78 is 42.3. The van der Waals surface area contributed by atoms with Gasteiger partial charge in [-0.2, -0.15) is 0 Å². The highest BCUT2D eigenvalue weighted by Gasteiger charge is 2.26. The number of carbonyl (C=O) groups excluding carboxylic acids is 2. The molecule has 12 heteroatoms. The molecular weight excluding hydrogens is 504 g/mol. The topological polar surface area (TPSA) is 144 Å². The lowest BCUT2D eigenvalue weighted by Gasteiger charge is -2.27. The smallest absolute Gasteiger partial charge is 0.338 e. The van der Waals surface area contributed by atoms with Gasteiger partial charge in [0.05, 0.1) is 17.0 Å². The number of rotatable bonds is 8. The van der Waals surface area contributed by atoms with Crippen molar-refractivity contribution in [3.8, 4) is 11.5 Å². The van der Waals surface area contributed by atoms with Crippen LogP contribution in [0.25, 0.3) is 0 Å². The van der Waals surface area contributed by atoms with Gasteiger partial charge in [-0.05, 0) is 44.2 Å². The number of ketones is 1. The van der Waals surface area contributed by atoms with E-state index >= 15 is 0 Å². The molecule has 1 atom stereocenters. The van der Waals surface area contributed by atoms with Crippen molar-refractivity contribution in [3.05, 3.63) is 81.2 Å². The number of hydrogen-bond acceptors (Lipinski definition) is 9. The quantitative estimate of drug-likeness (QED) is 0.186. The molecule has 0 N–H and O–H groups in total. The number of nitrogens with zero attached hydrogens (tertiary/aromatic N) is 2. The number of esters is 1. The summed E-state index contributed by atoms with van der Waals surface area (Å²) in [6.07, 6.45) is 0.556.